The smallest absolute Gasteiger partial charge is 0.139 e. The van der Waals surface area contributed by atoms with Gasteiger partial charge in [-0.2, -0.15) is 0 Å². The van der Waals surface area contributed by atoms with Crippen molar-refractivity contribution >= 4 is 23.0 Å². The summed E-state index contributed by atoms with van der Waals surface area (Å²) in [6.45, 7) is 7.96. The highest BCUT2D eigenvalue weighted by molar-refractivity contribution is 6.06. The number of nitrogens with two attached hydrogens (primary N) is 1. The molecule has 0 atom stereocenters. The van der Waals surface area contributed by atoms with Crippen LogP contribution in [0.2, 0.25) is 0 Å². The van der Waals surface area contributed by atoms with Gasteiger partial charge in [-0.15, -0.1) is 0 Å². The number of hydrogen-bond donors (Lipinski definition) is 3. The van der Waals surface area contributed by atoms with Crippen LogP contribution in [0.3, 0.4) is 0 Å². The molecule has 36 heavy (non-hydrogen) atoms. The number of amidine groups is 1. The van der Waals surface area contributed by atoms with Crippen molar-refractivity contribution in [1.29, 1.82) is 0 Å². The van der Waals surface area contributed by atoms with E-state index in [4.69, 9.17) is 10.7 Å². The quantitative estimate of drug-likeness (QED) is 0.368. The number of rotatable bonds is 6. The molecule has 7 nitrogen and oxygen atoms in total. The zero-order valence-corrected chi connectivity index (χ0v) is 20.6. The third-order valence-electron chi connectivity index (χ3n) is 7.40. The maximum atomic E-state index is 6.53. The van der Waals surface area contributed by atoms with Crippen molar-refractivity contribution in [2.75, 3.05) is 37.2 Å². The van der Waals surface area contributed by atoms with Gasteiger partial charge in [0.15, 0.2) is 0 Å². The van der Waals surface area contributed by atoms with Crippen LogP contribution in [0.1, 0.15) is 46.6 Å². The zero-order chi connectivity index (χ0) is 24.5. The summed E-state index contributed by atoms with van der Waals surface area (Å²) in [4.78, 5) is 16.4. The van der Waals surface area contributed by atoms with Crippen molar-refractivity contribution in [3.05, 3.63) is 89.4 Å². The van der Waals surface area contributed by atoms with E-state index in [1.54, 1.807) is 6.20 Å². The molecule has 2 fully saturated rings. The summed E-state index contributed by atoms with van der Waals surface area (Å²) in [7, 11) is 0. The summed E-state index contributed by atoms with van der Waals surface area (Å²) in [5, 5.41) is 7.06. The van der Waals surface area contributed by atoms with Crippen molar-refractivity contribution in [2.45, 2.75) is 37.6 Å². The summed E-state index contributed by atoms with van der Waals surface area (Å²) >= 11 is 0. The van der Waals surface area contributed by atoms with Crippen molar-refractivity contribution in [1.82, 2.24) is 20.2 Å². The number of nitrogen functional groups attached to an aromatic ring is 1. The van der Waals surface area contributed by atoms with Crippen LogP contribution in [0.15, 0.2) is 66.6 Å². The molecule has 3 aliphatic rings. The SMILES string of the molecule is C=C(/N=C(\c1c(N)cncc1C1CC1)N1CCNCC1)c1ccnc(NC2Cc3ccccc3C2)c1. The zero-order valence-electron chi connectivity index (χ0n) is 20.6. The molecule has 0 radical (unpaired) electrons. The van der Waals surface area contributed by atoms with Gasteiger partial charge in [-0.05, 0) is 60.4 Å². The van der Waals surface area contributed by atoms with Gasteiger partial charge in [0.25, 0.3) is 0 Å². The molecular weight excluding hydrogens is 446 g/mol. The lowest BCUT2D eigenvalue weighted by molar-refractivity contribution is 0.358. The first-order valence-electron chi connectivity index (χ1n) is 12.9. The van der Waals surface area contributed by atoms with Crippen molar-refractivity contribution in [2.24, 2.45) is 4.99 Å². The molecule has 3 aromatic rings. The predicted octanol–water partition coefficient (Wildman–Crippen LogP) is 3.84. The van der Waals surface area contributed by atoms with E-state index in [1.807, 2.05) is 18.5 Å². The largest absolute Gasteiger partial charge is 0.397 e. The third-order valence-corrected chi connectivity index (χ3v) is 7.40. The highest BCUT2D eigenvalue weighted by Crippen LogP contribution is 2.43. The van der Waals surface area contributed by atoms with Gasteiger partial charge in [-0.1, -0.05) is 30.8 Å². The first-order chi connectivity index (χ1) is 17.7. The van der Waals surface area contributed by atoms with Crippen LogP contribution >= 0.6 is 0 Å². The first kappa shape index (κ1) is 22.7. The van der Waals surface area contributed by atoms with Gasteiger partial charge >= 0.3 is 0 Å². The van der Waals surface area contributed by atoms with Gasteiger partial charge in [0.1, 0.15) is 11.7 Å². The van der Waals surface area contributed by atoms with Crippen LogP contribution in [-0.2, 0) is 12.8 Å². The minimum absolute atomic E-state index is 0.344. The summed E-state index contributed by atoms with van der Waals surface area (Å²) in [6, 6.07) is 13.0. The molecule has 7 heteroatoms. The molecule has 1 saturated carbocycles. The van der Waals surface area contributed by atoms with Gasteiger partial charge in [-0.3, -0.25) is 4.98 Å². The Morgan fingerprint density at radius 2 is 1.83 bits per heavy atom. The van der Waals surface area contributed by atoms with Crippen molar-refractivity contribution < 1.29 is 0 Å². The maximum absolute atomic E-state index is 6.53. The molecule has 0 unspecified atom stereocenters. The molecule has 0 bridgehead atoms. The Labute approximate surface area is 212 Å². The van der Waals surface area contributed by atoms with E-state index >= 15 is 0 Å². The van der Waals surface area contributed by atoms with Gasteiger partial charge in [0.05, 0.1) is 17.6 Å². The van der Waals surface area contributed by atoms with Crippen LogP contribution in [0.5, 0.6) is 0 Å². The maximum Gasteiger partial charge on any atom is 0.139 e. The fraction of sp³-hybridized carbons (Fsp3) is 0.345. The lowest BCUT2D eigenvalue weighted by Crippen LogP contribution is -2.47. The molecule has 1 saturated heterocycles. The molecule has 1 aromatic carbocycles. The first-order valence-corrected chi connectivity index (χ1v) is 12.9. The van der Waals surface area contributed by atoms with Crippen LogP contribution < -0.4 is 16.4 Å². The second-order valence-electron chi connectivity index (χ2n) is 10.0. The fourth-order valence-corrected chi connectivity index (χ4v) is 5.37. The minimum Gasteiger partial charge on any atom is -0.397 e. The average molecular weight is 480 g/mol. The highest BCUT2D eigenvalue weighted by atomic mass is 15.2. The van der Waals surface area contributed by atoms with Crippen LogP contribution in [-0.4, -0.2) is 52.9 Å². The Morgan fingerprint density at radius 3 is 2.56 bits per heavy atom. The number of anilines is 2. The normalized spacial score (nSPS) is 18.2. The lowest BCUT2D eigenvalue weighted by Gasteiger charge is -2.32. The molecule has 2 aliphatic carbocycles. The van der Waals surface area contributed by atoms with Gasteiger partial charge in [0.2, 0.25) is 0 Å². The molecular formula is C29H33N7. The number of aliphatic imine (C=N–C) groups is 1. The summed E-state index contributed by atoms with van der Waals surface area (Å²) < 4.78 is 0. The third kappa shape index (κ3) is 4.71. The number of pyridine rings is 2. The van der Waals surface area contributed by atoms with E-state index in [2.05, 4.69) is 62.4 Å². The van der Waals surface area contributed by atoms with E-state index in [9.17, 15) is 0 Å². The Kier molecular flexibility index (Phi) is 6.15. The molecule has 1 aliphatic heterocycles. The van der Waals surface area contributed by atoms with Crippen molar-refractivity contribution in [3.63, 3.8) is 0 Å². The number of fused-ring (bicyclic) bond motifs is 1. The van der Waals surface area contributed by atoms with E-state index in [0.29, 0.717) is 23.3 Å². The monoisotopic (exact) mass is 479 g/mol. The van der Waals surface area contributed by atoms with E-state index < -0.39 is 0 Å². The fourth-order valence-electron chi connectivity index (χ4n) is 5.37. The molecule has 0 amide bonds. The second kappa shape index (κ2) is 9.74. The molecule has 6 rings (SSSR count). The summed E-state index contributed by atoms with van der Waals surface area (Å²) in [5.74, 6) is 2.28. The number of benzene rings is 1. The van der Waals surface area contributed by atoms with Gasteiger partial charge < -0.3 is 21.3 Å². The van der Waals surface area contributed by atoms with E-state index in [-0.39, 0.29) is 0 Å². The summed E-state index contributed by atoms with van der Waals surface area (Å²) in [6.07, 6.45) is 9.94. The Balaban J connectivity index is 1.29. The lowest BCUT2D eigenvalue weighted by atomic mass is 10.0. The van der Waals surface area contributed by atoms with Gasteiger partial charge in [0, 0.05) is 55.7 Å². The standard InChI is InChI=1S/C29H33N7/c1-19(21-8-9-33-27(16-21)35-24-14-22-4-2-3-5-23(22)15-24)34-29(36-12-10-31-11-13-36)28-25(20-6-7-20)17-32-18-26(28)30/h2-5,8-9,16-18,20,24,31H,1,6-7,10-15,30H2,(H,33,35)/b34-29+. The average Bonchev–Trinajstić information content (AvgIpc) is 3.67. The predicted molar refractivity (Wildman–Crippen MR) is 146 cm³/mol. The molecule has 2 aromatic heterocycles. The van der Waals surface area contributed by atoms with E-state index in [0.717, 1.165) is 61.8 Å². The van der Waals surface area contributed by atoms with Crippen LogP contribution in [0, 0.1) is 0 Å². The second-order valence-corrected chi connectivity index (χ2v) is 10.0. The summed E-state index contributed by atoms with van der Waals surface area (Å²) in [5.41, 5.74) is 13.9. The number of hydrogen-bond acceptors (Lipinski definition) is 6. The number of aromatic nitrogens is 2. The molecule has 3 heterocycles. The number of nitrogens with one attached hydrogen (secondary N) is 2. The number of piperazine rings is 1. The van der Waals surface area contributed by atoms with Crippen molar-refractivity contribution in [3.8, 4) is 0 Å². The number of nitrogens with zero attached hydrogens (tertiary/aromatic N) is 4. The van der Waals surface area contributed by atoms with E-state index in [1.165, 1.54) is 29.5 Å². The Morgan fingerprint density at radius 1 is 1.08 bits per heavy atom. The van der Waals surface area contributed by atoms with Crippen LogP contribution in [0.25, 0.3) is 5.70 Å². The highest BCUT2D eigenvalue weighted by Gasteiger charge is 2.31. The minimum atomic E-state index is 0.344. The van der Waals surface area contributed by atoms with Gasteiger partial charge in [-0.25, -0.2) is 9.98 Å². The molecule has 0 spiro atoms. The Hall–Kier alpha value is -3.71. The topological polar surface area (TPSA) is 91.5 Å². The molecule has 4 N–H and O–H groups in total. The Bertz CT molecular complexity index is 1280. The molecule has 184 valence electrons. The van der Waals surface area contributed by atoms with Crippen LogP contribution in [0.4, 0.5) is 11.5 Å².